The summed E-state index contributed by atoms with van der Waals surface area (Å²) < 4.78 is 5.38. The molecule has 1 aromatic rings. The number of amides is 2. The number of ether oxygens (including phenoxy) is 1. The lowest BCUT2D eigenvalue weighted by atomic mass is 10.0. The van der Waals surface area contributed by atoms with Crippen molar-refractivity contribution in [2.75, 3.05) is 32.8 Å². The van der Waals surface area contributed by atoms with Crippen LogP contribution in [-0.4, -0.2) is 54.5 Å². The number of rotatable bonds is 4. The maximum atomic E-state index is 12.9. The minimum atomic E-state index is -0.184. The molecule has 2 amide bonds. The van der Waals surface area contributed by atoms with E-state index in [-0.39, 0.29) is 17.7 Å². The SMILES string of the molecule is CC(C)CN1C(=O)C(c2ccccc2)=C(N2CCOCC2)C1=O. The third-order valence-electron chi connectivity index (χ3n) is 4.08. The zero-order chi connectivity index (χ0) is 16.4. The molecule has 2 aliphatic rings. The van der Waals surface area contributed by atoms with Crippen LogP contribution < -0.4 is 0 Å². The van der Waals surface area contributed by atoms with E-state index in [0.29, 0.717) is 44.1 Å². The lowest BCUT2D eigenvalue weighted by molar-refractivity contribution is -0.138. The Hall–Kier alpha value is -2.14. The molecule has 1 aromatic carbocycles. The molecule has 0 aromatic heterocycles. The van der Waals surface area contributed by atoms with Gasteiger partial charge in [0.15, 0.2) is 0 Å². The van der Waals surface area contributed by atoms with Gasteiger partial charge in [-0.3, -0.25) is 14.5 Å². The van der Waals surface area contributed by atoms with Crippen LogP contribution in [0.1, 0.15) is 19.4 Å². The summed E-state index contributed by atoms with van der Waals surface area (Å²) in [6, 6.07) is 9.47. The monoisotopic (exact) mass is 314 g/mol. The second kappa shape index (κ2) is 6.54. The van der Waals surface area contributed by atoms with Gasteiger partial charge in [-0.1, -0.05) is 44.2 Å². The summed E-state index contributed by atoms with van der Waals surface area (Å²) in [6.45, 7) is 6.90. The third kappa shape index (κ3) is 3.01. The first kappa shape index (κ1) is 15.7. The fourth-order valence-electron chi connectivity index (χ4n) is 3.04. The number of imide groups is 1. The van der Waals surface area contributed by atoms with Crippen molar-refractivity contribution in [3.8, 4) is 0 Å². The molecule has 2 aliphatic heterocycles. The molecule has 0 bridgehead atoms. The number of hydrogen-bond donors (Lipinski definition) is 0. The van der Waals surface area contributed by atoms with Crippen LogP contribution in [0.15, 0.2) is 36.0 Å². The van der Waals surface area contributed by atoms with Crippen molar-refractivity contribution in [1.82, 2.24) is 9.80 Å². The number of benzene rings is 1. The fraction of sp³-hybridized carbons (Fsp3) is 0.444. The predicted molar refractivity (Wildman–Crippen MR) is 87.3 cm³/mol. The van der Waals surface area contributed by atoms with Crippen LogP contribution in [-0.2, 0) is 14.3 Å². The van der Waals surface area contributed by atoms with E-state index in [1.807, 2.05) is 49.1 Å². The molecular formula is C18H22N2O3. The zero-order valence-corrected chi connectivity index (χ0v) is 13.6. The molecule has 1 fully saturated rings. The van der Waals surface area contributed by atoms with Gasteiger partial charge in [0.1, 0.15) is 5.70 Å². The summed E-state index contributed by atoms with van der Waals surface area (Å²) in [5, 5.41) is 0. The molecule has 0 aliphatic carbocycles. The van der Waals surface area contributed by atoms with E-state index in [2.05, 4.69) is 0 Å². The van der Waals surface area contributed by atoms with Crippen molar-refractivity contribution in [3.63, 3.8) is 0 Å². The van der Waals surface area contributed by atoms with Crippen molar-refractivity contribution in [2.24, 2.45) is 5.92 Å². The standard InChI is InChI=1S/C18H22N2O3/c1-13(2)12-20-17(21)15(14-6-4-3-5-7-14)16(18(20)22)19-8-10-23-11-9-19/h3-7,13H,8-12H2,1-2H3. The van der Waals surface area contributed by atoms with Crippen LogP contribution in [0.25, 0.3) is 5.57 Å². The highest BCUT2D eigenvalue weighted by Gasteiger charge is 2.41. The maximum Gasteiger partial charge on any atom is 0.277 e. The molecule has 2 heterocycles. The Morgan fingerprint density at radius 1 is 1.04 bits per heavy atom. The van der Waals surface area contributed by atoms with E-state index in [0.717, 1.165) is 5.56 Å². The zero-order valence-electron chi connectivity index (χ0n) is 13.6. The minimum absolute atomic E-state index is 0.176. The molecule has 1 saturated heterocycles. The summed E-state index contributed by atoms with van der Waals surface area (Å²) in [4.78, 5) is 29.2. The molecule has 5 nitrogen and oxygen atoms in total. The average Bonchev–Trinajstić information content (AvgIpc) is 2.80. The Kier molecular flexibility index (Phi) is 4.48. The van der Waals surface area contributed by atoms with Crippen molar-refractivity contribution in [2.45, 2.75) is 13.8 Å². The Balaban J connectivity index is 2.04. The fourth-order valence-corrected chi connectivity index (χ4v) is 3.04. The first-order valence-corrected chi connectivity index (χ1v) is 8.08. The van der Waals surface area contributed by atoms with Gasteiger partial charge >= 0.3 is 0 Å². The van der Waals surface area contributed by atoms with Gasteiger partial charge < -0.3 is 9.64 Å². The second-order valence-corrected chi connectivity index (χ2v) is 6.30. The van der Waals surface area contributed by atoms with Crippen molar-refractivity contribution in [3.05, 3.63) is 41.6 Å². The highest BCUT2D eigenvalue weighted by atomic mass is 16.5. The molecular weight excluding hydrogens is 292 g/mol. The Morgan fingerprint density at radius 3 is 2.30 bits per heavy atom. The van der Waals surface area contributed by atoms with Gasteiger partial charge in [0.05, 0.1) is 18.8 Å². The minimum Gasteiger partial charge on any atom is -0.378 e. The van der Waals surface area contributed by atoms with Crippen LogP contribution in [0.3, 0.4) is 0 Å². The molecule has 0 N–H and O–H groups in total. The molecule has 0 spiro atoms. The highest BCUT2D eigenvalue weighted by Crippen LogP contribution is 2.32. The Bertz CT molecular complexity index is 631. The van der Waals surface area contributed by atoms with E-state index in [4.69, 9.17) is 4.74 Å². The number of hydrogen-bond acceptors (Lipinski definition) is 4. The molecule has 122 valence electrons. The number of morpholine rings is 1. The first-order valence-electron chi connectivity index (χ1n) is 8.08. The third-order valence-corrected chi connectivity index (χ3v) is 4.08. The lowest BCUT2D eigenvalue weighted by Crippen LogP contribution is -2.41. The summed E-state index contributed by atoms with van der Waals surface area (Å²) in [7, 11) is 0. The van der Waals surface area contributed by atoms with Gasteiger partial charge in [0, 0.05) is 19.6 Å². The quantitative estimate of drug-likeness (QED) is 0.795. The average molecular weight is 314 g/mol. The van der Waals surface area contributed by atoms with Gasteiger partial charge in [-0.2, -0.15) is 0 Å². The van der Waals surface area contributed by atoms with E-state index < -0.39 is 0 Å². The highest BCUT2D eigenvalue weighted by molar-refractivity contribution is 6.35. The van der Waals surface area contributed by atoms with E-state index in [1.165, 1.54) is 4.90 Å². The van der Waals surface area contributed by atoms with Crippen molar-refractivity contribution >= 4 is 17.4 Å². The topological polar surface area (TPSA) is 49.9 Å². The maximum absolute atomic E-state index is 12.9. The van der Waals surface area contributed by atoms with E-state index in [9.17, 15) is 9.59 Å². The second-order valence-electron chi connectivity index (χ2n) is 6.30. The van der Waals surface area contributed by atoms with E-state index in [1.54, 1.807) is 0 Å². The van der Waals surface area contributed by atoms with Gasteiger partial charge in [-0.15, -0.1) is 0 Å². The molecule has 5 heteroatoms. The molecule has 0 atom stereocenters. The van der Waals surface area contributed by atoms with Crippen molar-refractivity contribution < 1.29 is 14.3 Å². The van der Waals surface area contributed by atoms with Gasteiger partial charge in [0.25, 0.3) is 11.8 Å². The smallest absolute Gasteiger partial charge is 0.277 e. The normalized spacial score (nSPS) is 19.3. The summed E-state index contributed by atoms with van der Waals surface area (Å²) in [5.41, 5.74) is 1.86. The van der Waals surface area contributed by atoms with E-state index >= 15 is 0 Å². The lowest BCUT2D eigenvalue weighted by Gasteiger charge is -2.29. The Labute approximate surface area is 136 Å². The van der Waals surface area contributed by atoms with Crippen LogP contribution in [0.2, 0.25) is 0 Å². The van der Waals surface area contributed by atoms with Gasteiger partial charge in [-0.25, -0.2) is 0 Å². The number of carbonyl (C=O) groups is 2. The molecule has 0 saturated carbocycles. The van der Waals surface area contributed by atoms with Crippen LogP contribution in [0.4, 0.5) is 0 Å². The van der Waals surface area contributed by atoms with Crippen LogP contribution in [0.5, 0.6) is 0 Å². The first-order chi connectivity index (χ1) is 11.1. The predicted octanol–water partition coefficient (Wildman–Crippen LogP) is 1.75. The molecule has 0 radical (unpaired) electrons. The summed E-state index contributed by atoms with van der Waals surface area (Å²) in [6.07, 6.45) is 0. The number of nitrogens with zero attached hydrogens (tertiary/aromatic N) is 2. The number of carbonyl (C=O) groups excluding carboxylic acids is 2. The van der Waals surface area contributed by atoms with Crippen LogP contribution in [0, 0.1) is 5.92 Å². The molecule has 23 heavy (non-hydrogen) atoms. The molecule has 3 rings (SSSR count). The largest absolute Gasteiger partial charge is 0.378 e. The molecule has 0 unspecified atom stereocenters. The van der Waals surface area contributed by atoms with Gasteiger partial charge in [-0.05, 0) is 11.5 Å². The van der Waals surface area contributed by atoms with Crippen LogP contribution >= 0.6 is 0 Å². The van der Waals surface area contributed by atoms with Crippen molar-refractivity contribution in [1.29, 1.82) is 0 Å². The van der Waals surface area contributed by atoms with Gasteiger partial charge in [0.2, 0.25) is 0 Å². The summed E-state index contributed by atoms with van der Waals surface area (Å²) in [5.74, 6) is -0.121. The Morgan fingerprint density at radius 2 is 1.70 bits per heavy atom. The summed E-state index contributed by atoms with van der Waals surface area (Å²) >= 11 is 0.